The van der Waals surface area contributed by atoms with Gasteiger partial charge in [-0.15, -0.1) is 13.2 Å². The van der Waals surface area contributed by atoms with Gasteiger partial charge >= 0.3 is 6.36 Å². The number of ether oxygens (including phenoxy) is 1. The molecule has 3 aromatic carbocycles. The maximum Gasteiger partial charge on any atom is 0.573 e. The fraction of sp³-hybridized carbons (Fsp3) is 0.200. The van der Waals surface area contributed by atoms with Crippen molar-refractivity contribution in [3.63, 3.8) is 0 Å². The number of hydrogen-bond donors (Lipinski definition) is 1. The zero-order valence-corrected chi connectivity index (χ0v) is 18.0. The van der Waals surface area contributed by atoms with Crippen LogP contribution in [0.2, 0.25) is 0 Å². The summed E-state index contributed by atoms with van der Waals surface area (Å²) in [5.74, 6) is -1.29. The first-order valence-electron chi connectivity index (χ1n) is 10.3. The van der Waals surface area contributed by atoms with Gasteiger partial charge in [0.15, 0.2) is 0 Å². The van der Waals surface area contributed by atoms with E-state index in [1.165, 1.54) is 17.7 Å². The molecule has 2 unspecified atom stereocenters. The van der Waals surface area contributed by atoms with Crippen LogP contribution in [0.25, 0.3) is 22.9 Å². The molecule has 1 N–H and O–H groups in total. The van der Waals surface area contributed by atoms with Crippen LogP contribution in [-0.2, 0) is 23.0 Å². The molecule has 0 fully saturated rings. The Morgan fingerprint density at radius 1 is 0.970 bits per heavy atom. The molecule has 5 rings (SSSR count). The van der Waals surface area contributed by atoms with Crippen molar-refractivity contribution >= 4 is 33.0 Å². The highest BCUT2D eigenvalue weighted by molar-refractivity contribution is 7.86. The zero-order chi connectivity index (χ0) is 23.4. The minimum atomic E-state index is -4.87. The molecule has 0 amide bonds. The topological polar surface area (TPSA) is 63.6 Å². The molecule has 33 heavy (non-hydrogen) atoms. The Hall–Kier alpha value is -3.10. The summed E-state index contributed by atoms with van der Waals surface area (Å²) in [6.45, 7) is 0. The molecule has 0 spiro atoms. The molecule has 0 radical (unpaired) electrons. The van der Waals surface area contributed by atoms with Gasteiger partial charge in [0.05, 0.1) is 0 Å². The molecule has 170 valence electrons. The predicted octanol–water partition coefficient (Wildman–Crippen LogP) is 4.01. The fourth-order valence-electron chi connectivity index (χ4n) is 4.80. The molecule has 0 saturated heterocycles. The van der Waals surface area contributed by atoms with E-state index in [9.17, 15) is 26.1 Å². The molecule has 4 nitrogen and oxygen atoms in total. The van der Waals surface area contributed by atoms with E-state index in [0.717, 1.165) is 39.3 Å². The maximum atomic E-state index is 12.7. The Kier molecular flexibility index (Phi) is 5.10. The van der Waals surface area contributed by atoms with Gasteiger partial charge in [-0.05, 0) is 62.9 Å². The Labute approximate surface area is 188 Å². The fourth-order valence-corrected chi connectivity index (χ4v) is 5.80. The van der Waals surface area contributed by atoms with Gasteiger partial charge in [0, 0.05) is 5.92 Å². The van der Waals surface area contributed by atoms with Crippen LogP contribution in [0.5, 0.6) is 5.75 Å². The molecule has 0 aromatic heterocycles. The van der Waals surface area contributed by atoms with E-state index < -0.39 is 33.4 Å². The molecule has 0 bridgehead atoms. The lowest BCUT2D eigenvalue weighted by molar-refractivity contribution is -0.274. The summed E-state index contributed by atoms with van der Waals surface area (Å²) in [6, 6.07) is 13.1. The second-order valence-corrected chi connectivity index (χ2v) is 9.88. The van der Waals surface area contributed by atoms with Gasteiger partial charge in [0.2, 0.25) is 0 Å². The predicted molar refractivity (Wildman–Crippen MR) is 120 cm³/mol. The monoisotopic (exact) mass is 472 g/mol. The average Bonchev–Trinajstić information content (AvgIpc) is 2.76. The van der Waals surface area contributed by atoms with Crippen molar-refractivity contribution in [2.45, 2.75) is 30.4 Å². The number of alkyl halides is 3. The van der Waals surface area contributed by atoms with Crippen molar-refractivity contribution in [3.8, 4) is 5.75 Å². The normalized spacial score (nSPS) is 19.9. The first-order chi connectivity index (χ1) is 15.6. The van der Waals surface area contributed by atoms with Crippen LogP contribution in [0, 0.1) is 0 Å². The summed E-state index contributed by atoms with van der Waals surface area (Å²) in [5.41, 5.74) is 2.26. The zero-order valence-electron chi connectivity index (χ0n) is 17.2. The highest BCUT2D eigenvalue weighted by Gasteiger charge is 2.36. The standard InChI is InChI=1S/C25H19F3O4S/c26-25(27,28)32-18-6-3-5-16(12-18)23-14-22-17(13-24(23)33(29,30)31)9-11-20-19-7-2-1-4-15(19)8-10-21(20)22/h1-3,5-12,14,23-24H,4,13H2,(H,29,30,31). The van der Waals surface area contributed by atoms with E-state index in [1.807, 2.05) is 36.4 Å². The van der Waals surface area contributed by atoms with Crippen molar-refractivity contribution in [3.05, 3.63) is 87.8 Å². The van der Waals surface area contributed by atoms with Crippen LogP contribution in [0.15, 0.2) is 60.7 Å². The largest absolute Gasteiger partial charge is 0.573 e. The van der Waals surface area contributed by atoms with Gasteiger partial charge in [-0.25, -0.2) is 0 Å². The Balaban J connectivity index is 1.73. The highest BCUT2D eigenvalue weighted by Crippen LogP contribution is 2.34. The number of allylic oxidation sites excluding steroid dienone is 2. The van der Waals surface area contributed by atoms with E-state index in [-0.39, 0.29) is 6.42 Å². The molecule has 2 aliphatic rings. The van der Waals surface area contributed by atoms with E-state index in [0.29, 0.717) is 5.56 Å². The molecule has 0 heterocycles. The van der Waals surface area contributed by atoms with Crippen molar-refractivity contribution < 1.29 is 30.9 Å². The summed E-state index contributed by atoms with van der Waals surface area (Å²) in [7, 11) is -4.49. The summed E-state index contributed by atoms with van der Waals surface area (Å²) >= 11 is 0. The Morgan fingerprint density at radius 3 is 2.42 bits per heavy atom. The molecular weight excluding hydrogens is 453 g/mol. The van der Waals surface area contributed by atoms with Gasteiger partial charge in [-0.1, -0.05) is 60.7 Å². The molecular formula is C25H19F3O4S. The smallest absolute Gasteiger partial charge is 0.406 e. The maximum absolute atomic E-state index is 12.7. The third-order valence-corrected chi connectivity index (χ3v) is 7.45. The van der Waals surface area contributed by atoms with Crippen LogP contribution in [0.1, 0.15) is 22.6 Å². The summed E-state index contributed by atoms with van der Waals surface area (Å²) in [6.07, 6.45) is 3.82. The van der Waals surface area contributed by atoms with Crippen LogP contribution in [-0.4, -0.2) is 24.6 Å². The second kappa shape index (κ2) is 7.74. The van der Waals surface area contributed by atoms with E-state index in [1.54, 1.807) is 12.1 Å². The summed E-state index contributed by atoms with van der Waals surface area (Å²) < 4.78 is 76.6. The van der Waals surface area contributed by atoms with Crippen LogP contribution in [0.4, 0.5) is 13.2 Å². The molecule has 2 aliphatic carbocycles. The molecule has 3 aromatic rings. The second-order valence-electron chi connectivity index (χ2n) is 8.24. The van der Waals surface area contributed by atoms with Gasteiger partial charge in [0.25, 0.3) is 10.1 Å². The first-order valence-corrected chi connectivity index (χ1v) is 11.8. The lowest BCUT2D eigenvalue weighted by Gasteiger charge is -2.28. The Bertz CT molecular complexity index is 1520. The highest BCUT2D eigenvalue weighted by atomic mass is 32.2. The molecule has 0 aliphatic heterocycles. The van der Waals surface area contributed by atoms with Gasteiger partial charge in [0.1, 0.15) is 11.0 Å². The lowest BCUT2D eigenvalue weighted by Crippen LogP contribution is -2.36. The van der Waals surface area contributed by atoms with E-state index >= 15 is 0 Å². The third-order valence-electron chi connectivity index (χ3n) is 6.23. The number of rotatable bonds is 3. The van der Waals surface area contributed by atoms with Crippen molar-refractivity contribution in [2.24, 2.45) is 0 Å². The number of benzene rings is 3. The van der Waals surface area contributed by atoms with Crippen molar-refractivity contribution in [1.29, 1.82) is 0 Å². The minimum Gasteiger partial charge on any atom is -0.406 e. The van der Waals surface area contributed by atoms with Gasteiger partial charge < -0.3 is 4.74 Å². The minimum absolute atomic E-state index is 0.0380. The third kappa shape index (κ3) is 4.16. The summed E-state index contributed by atoms with van der Waals surface area (Å²) in [5, 5.41) is 2.64. The van der Waals surface area contributed by atoms with Crippen LogP contribution >= 0.6 is 0 Å². The molecule has 8 heteroatoms. The number of halogens is 3. The number of fused-ring (bicyclic) bond motifs is 5. The molecule has 2 atom stereocenters. The SMILES string of the molecule is O=S(=O)(O)C1Cc2ccc3c4c(ccc3c2=CC1c1cccc(OC(F)(F)F)c1)CC=CC=4. The lowest BCUT2D eigenvalue weighted by atomic mass is 9.83. The number of hydrogen-bond acceptors (Lipinski definition) is 3. The van der Waals surface area contributed by atoms with Gasteiger partial charge in [-0.3, -0.25) is 4.55 Å². The summed E-state index contributed by atoms with van der Waals surface area (Å²) in [4.78, 5) is 0. The van der Waals surface area contributed by atoms with E-state index in [2.05, 4.69) is 10.8 Å². The first kappa shape index (κ1) is 21.7. The van der Waals surface area contributed by atoms with Crippen LogP contribution < -0.4 is 15.2 Å². The average molecular weight is 472 g/mol. The molecule has 0 saturated carbocycles. The van der Waals surface area contributed by atoms with E-state index in [4.69, 9.17) is 0 Å². The Morgan fingerprint density at radius 2 is 1.70 bits per heavy atom. The quantitative estimate of drug-likeness (QED) is 0.586. The van der Waals surface area contributed by atoms with Gasteiger partial charge in [-0.2, -0.15) is 8.42 Å². The van der Waals surface area contributed by atoms with Crippen molar-refractivity contribution in [1.82, 2.24) is 0 Å². The van der Waals surface area contributed by atoms with Crippen LogP contribution in [0.3, 0.4) is 0 Å². The van der Waals surface area contributed by atoms with Crippen molar-refractivity contribution in [2.75, 3.05) is 0 Å².